The highest BCUT2D eigenvalue weighted by atomic mass is 16.5. The van der Waals surface area contributed by atoms with Crippen molar-refractivity contribution in [2.45, 2.75) is 31.5 Å². The lowest BCUT2D eigenvalue weighted by molar-refractivity contribution is -0.147. The zero-order chi connectivity index (χ0) is 18.0. The molecule has 25 heavy (non-hydrogen) atoms. The van der Waals surface area contributed by atoms with Gasteiger partial charge in [-0.2, -0.15) is 0 Å². The lowest BCUT2D eigenvalue weighted by Crippen LogP contribution is -2.44. The molecule has 4 atom stereocenters. The molecule has 0 aliphatic carbocycles. The van der Waals surface area contributed by atoms with Gasteiger partial charge in [0, 0.05) is 6.54 Å². The summed E-state index contributed by atoms with van der Waals surface area (Å²) in [7, 11) is 3.15. The molecule has 2 aliphatic rings. The molecule has 7 heteroatoms. The molecule has 1 amide bonds. The Hall–Kier alpha value is -2.28. The Balaban J connectivity index is 1.57. The van der Waals surface area contributed by atoms with Crippen LogP contribution in [-0.4, -0.2) is 50.0 Å². The van der Waals surface area contributed by atoms with Crippen LogP contribution in [0.5, 0.6) is 11.5 Å². The maximum absolute atomic E-state index is 12.5. The van der Waals surface area contributed by atoms with E-state index in [1.165, 1.54) is 0 Å². The maximum atomic E-state index is 12.5. The van der Waals surface area contributed by atoms with Crippen molar-refractivity contribution in [3.63, 3.8) is 0 Å². The number of nitrogens with one attached hydrogen (secondary N) is 1. The van der Waals surface area contributed by atoms with E-state index >= 15 is 0 Å². The summed E-state index contributed by atoms with van der Waals surface area (Å²) < 4.78 is 16.1. The first kappa shape index (κ1) is 17.5. The first-order chi connectivity index (χ1) is 12.0. The van der Waals surface area contributed by atoms with Crippen LogP contribution in [0.3, 0.4) is 0 Å². The Labute approximate surface area is 146 Å². The summed E-state index contributed by atoms with van der Waals surface area (Å²) in [6, 6.07) is 5.60. The summed E-state index contributed by atoms with van der Waals surface area (Å²) in [5.74, 6) is -1.23. The second kappa shape index (κ2) is 7.31. The van der Waals surface area contributed by atoms with Gasteiger partial charge in [-0.25, -0.2) is 0 Å². The summed E-state index contributed by atoms with van der Waals surface area (Å²) in [4.78, 5) is 23.9. The quantitative estimate of drug-likeness (QED) is 0.769. The van der Waals surface area contributed by atoms with E-state index in [2.05, 4.69) is 5.32 Å². The number of carboxylic acid groups (broad SMARTS) is 1. The molecule has 0 radical (unpaired) electrons. The number of methoxy groups -OCH3 is 2. The molecule has 2 aliphatic heterocycles. The Bertz CT molecular complexity index is 661. The highest BCUT2D eigenvalue weighted by molar-refractivity contribution is 5.86. The number of hydrogen-bond acceptors (Lipinski definition) is 5. The summed E-state index contributed by atoms with van der Waals surface area (Å²) in [6.45, 7) is 0.425. The van der Waals surface area contributed by atoms with E-state index in [-0.39, 0.29) is 18.1 Å². The highest BCUT2D eigenvalue weighted by Gasteiger charge is 2.55. The summed E-state index contributed by atoms with van der Waals surface area (Å²) in [6.07, 6.45) is 1.49. The van der Waals surface area contributed by atoms with Crippen LogP contribution in [0.1, 0.15) is 18.4 Å². The minimum Gasteiger partial charge on any atom is -0.493 e. The van der Waals surface area contributed by atoms with Crippen LogP contribution in [0, 0.1) is 11.8 Å². The van der Waals surface area contributed by atoms with E-state index in [1.807, 2.05) is 18.2 Å². The van der Waals surface area contributed by atoms with Crippen molar-refractivity contribution in [1.29, 1.82) is 0 Å². The first-order valence-corrected chi connectivity index (χ1v) is 8.42. The summed E-state index contributed by atoms with van der Waals surface area (Å²) in [5, 5.41) is 12.2. The number of amides is 1. The lowest BCUT2D eigenvalue weighted by atomic mass is 9.78. The molecule has 2 bridgehead atoms. The van der Waals surface area contributed by atoms with E-state index in [0.717, 1.165) is 18.4 Å². The van der Waals surface area contributed by atoms with Crippen LogP contribution in [0.2, 0.25) is 0 Å². The van der Waals surface area contributed by atoms with Crippen molar-refractivity contribution in [1.82, 2.24) is 5.32 Å². The van der Waals surface area contributed by atoms with Crippen LogP contribution >= 0.6 is 0 Å². The molecule has 2 saturated heterocycles. The Morgan fingerprint density at radius 1 is 1.16 bits per heavy atom. The summed E-state index contributed by atoms with van der Waals surface area (Å²) >= 11 is 0. The normalized spacial score (nSPS) is 27.1. The van der Waals surface area contributed by atoms with Gasteiger partial charge in [0.25, 0.3) is 0 Å². The van der Waals surface area contributed by atoms with Crippen molar-refractivity contribution in [2.75, 3.05) is 20.8 Å². The molecule has 0 unspecified atom stereocenters. The number of carbonyl (C=O) groups is 2. The molecular weight excluding hydrogens is 326 g/mol. The summed E-state index contributed by atoms with van der Waals surface area (Å²) in [5.41, 5.74) is 0.997. The van der Waals surface area contributed by atoms with E-state index in [4.69, 9.17) is 14.2 Å². The molecule has 136 valence electrons. The Kier molecular flexibility index (Phi) is 5.13. The maximum Gasteiger partial charge on any atom is 0.310 e. The Morgan fingerprint density at radius 3 is 2.48 bits per heavy atom. The van der Waals surface area contributed by atoms with E-state index in [0.29, 0.717) is 24.5 Å². The zero-order valence-electron chi connectivity index (χ0n) is 14.4. The monoisotopic (exact) mass is 349 g/mol. The van der Waals surface area contributed by atoms with E-state index in [1.54, 1.807) is 14.2 Å². The molecule has 2 N–H and O–H groups in total. The van der Waals surface area contributed by atoms with Crippen molar-refractivity contribution in [3.8, 4) is 11.5 Å². The molecule has 1 aromatic rings. The van der Waals surface area contributed by atoms with Gasteiger partial charge in [-0.05, 0) is 37.0 Å². The topological polar surface area (TPSA) is 94.1 Å². The third-order valence-corrected chi connectivity index (χ3v) is 5.02. The van der Waals surface area contributed by atoms with E-state index < -0.39 is 17.8 Å². The van der Waals surface area contributed by atoms with Crippen LogP contribution in [-0.2, 0) is 20.7 Å². The number of carbonyl (C=O) groups excluding carboxylic acids is 1. The average molecular weight is 349 g/mol. The molecule has 7 nitrogen and oxygen atoms in total. The predicted molar refractivity (Wildman–Crippen MR) is 88.8 cm³/mol. The molecule has 3 rings (SSSR count). The minimum atomic E-state index is -0.952. The third-order valence-electron chi connectivity index (χ3n) is 5.02. The van der Waals surface area contributed by atoms with Crippen LogP contribution in [0.15, 0.2) is 18.2 Å². The van der Waals surface area contributed by atoms with Crippen molar-refractivity contribution in [3.05, 3.63) is 23.8 Å². The fraction of sp³-hybridized carbons (Fsp3) is 0.556. The SMILES string of the molecule is COc1ccc(CCNC(=O)[C@@H]2[C@@H](C(=O)O)[C@H]3CC[C@@H]2O3)cc1OC. The second-order valence-corrected chi connectivity index (χ2v) is 6.41. The number of aliphatic carboxylic acids is 1. The number of ether oxygens (including phenoxy) is 3. The largest absolute Gasteiger partial charge is 0.493 e. The minimum absolute atomic E-state index is 0.236. The van der Waals surface area contributed by atoms with Crippen molar-refractivity contribution in [2.24, 2.45) is 11.8 Å². The fourth-order valence-corrected chi connectivity index (χ4v) is 3.81. The van der Waals surface area contributed by atoms with Crippen LogP contribution < -0.4 is 14.8 Å². The first-order valence-electron chi connectivity index (χ1n) is 8.42. The van der Waals surface area contributed by atoms with Gasteiger partial charge in [0.2, 0.25) is 5.91 Å². The zero-order valence-corrected chi connectivity index (χ0v) is 14.4. The standard InChI is InChI=1S/C18H23NO6/c1-23-11-4-3-10(9-14(11)24-2)7-8-19-17(20)15-12-5-6-13(25-12)16(15)18(21)22/h3-4,9,12-13,15-16H,5-8H2,1-2H3,(H,19,20)(H,21,22)/t12-,13+,15-,16-/m0/s1. The average Bonchev–Trinajstić information content (AvgIpc) is 3.22. The number of rotatable bonds is 7. The predicted octanol–water partition coefficient (Wildman–Crippen LogP) is 1.24. The molecule has 0 aromatic heterocycles. The van der Waals surface area contributed by atoms with Gasteiger partial charge >= 0.3 is 5.97 Å². The van der Waals surface area contributed by atoms with Gasteiger partial charge < -0.3 is 24.6 Å². The Morgan fingerprint density at radius 2 is 1.84 bits per heavy atom. The van der Waals surface area contributed by atoms with Gasteiger partial charge in [-0.3, -0.25) is 9.59 Å². The number of fused-ring (bicyclic) bond motifs is 2. The molecule has 2 heterocycles. The molecule has 0 saturated carbocycles. The van der Waals surface area contributed by atoms with Crippen LogP contribution in [0.4, 0.5) is 0 Å². The van der Waals surface area contributed by atoms with Gasteiger partial charge in [0.1, 0.15) is 0 Å². The molecule has 0 spiro atoms. The highest BCUT2D eigenvalue weighted by Crippen LogP contribution is 2.43. The number of carboxylic acids is 1. The van der Waals surface area contributed by atoms with Gasteiger partial charge in [0.05, 0.1) is 38.3 Å². The number of benzene rings is 1. The van der Waals surface area contributed by atoms with Crippen molar-refractivity contribution < 1.29 is 28.9 Å². The van der Waals surface area contributed by atoms with E-state index in [9.17, 15) is 14.7 Å². The van der Waals surface area contributed by atoms with Gasteiger partial charge in [-0.15, -0.1) is 0 Å². The molecular formula is C18H23NO6. The third kappa shape index (κ3) is 3.42. The lowest BCUT2D eigenvalue weighted by Gasteiger charge is -2.23. The smallest absolute Gasteiger partial charge is 0.310 e. The van der Waals surface area contributed by atoms with Gasteiger partial charge in [0.15, 0.2) is 11.5 Å². The number of hydrogen-bond donors (Lipinski definition) is 2. The van der Waals surface area contributed by atoms with Crippen LogP contribution in [0.25, 0.3) is 0 Å². The second-order valence-electron chi connectivity index (χ2n) is 6.41. The molecule has 2 fully saturated rings. The fourth-order valence-electron chi connectivity index (χ4n) is 3.81. The molecule has 1 aromatic carbocycles. The van der Waals surface area contributed by atoms with Gasteiger partial charge in [-0.1, -0.05) is 6.07 Å². The van der Waals surface area contributed by atoms with Crippen molar-refractivity contribution >= 4 is 11.9 Å².